The van der Waals surface area contributed by atoms with Crippen molar-refractivity contribution < 1.29 is 9.13 Å². The Balaban J connectivity index is 2.08. The maximum Gasteiger partial charge on any atom is 0.220 e. The number of nitrogens with two attached hydrogens (primary N) is 2. The van der Waals surface area contributed by atoms with Gasteiger partial charge in [-0.3, -0.25) is 4.90 Å². The number of rotatable bonds is 2. The first-order chi connectivity index (χ1) is 10.6. The molecule has 2 aliphatic rings. The van der Waals surface area contributed by atoms with E-state index < -0.39 is 11.5 Å². The molecule has 0 bridgehead atoms. The molecule has 1 aliphatic carbocycles. The van der Waals surface area contributed by atoms with Gasteiger partial charge in [-0.1, -0.05) is 6.42 Å². The van der Waals surface area contributed by atoms with E-state index in [1.165, 1.54) is 13.2 Å². The van der Waals surface area contributed by atoms with E-state index in [0.717, 1.165) is 32.1 Å². The summed E-state index contributed by atoms with van der Waals surface area (Å²) in [5.41, 5.74) is 11.6. The van der Waals surface area contributed by atoms with Gasteiger partial charge in [0, 0.05) is 6.07 Å². The number of nitrogens with zero attached hydrogens (tertiary/aromatic N) is 3. The molecule has 0 amide bonds. The van der Waals surface area contributed by atoms with Crippen molar-refractivity contribution in [1.82, 2.24) is 0 Å². The van der Waals surface area contributed by atoms with Gasteiger partial charge in [0.2, 0.25) is 11.9 Å². The topological polar surface area (TPSA) is 89.2 Å². The Morgan fingerprint density at radius 2 is 1.95 bits per heavy atom. The first-order valence-corrected chi connectivity index (χ1v) is 7.39. The van der Waals surface area contributed by atoms with Gasteiger partial charge in [0.15, 0.2) is 5.82 Å². The fraction of sp³-hybridized carbons (Fsp3) is 0.467. The Labute approximate surface area is 128 Å². The quantitative estimate of drug-likeness (QED) is 0.874. The second-order valence-corrected chi connectivity index (χ2v) is 5.64. The monoisotopic (exact) mass is 305 g/mol. The van der Waals surface area contributed by atoms with Crippen LogP contribution in [0.25, 0.3) is 0 Å². The average Bonchev–Trinajstić information content (AvgIpc) is 2.48. The summed E-state index contributed by atoms with van der Waals surface area (Å²) in [6, 6.07) is 4.68. The number of guanidine groups is 2. The highest BCUT2D eigenvalue weighted by atomic mass is 19.1. The summed E-state index contributed by atoms with van der Waals surface area (Å²) in [4.78, 5) is 10.2. The number of halogens is 1. The van der Waals surface area contributed by atoms with Crippen molar-refractivity contribution in [2.75, 3.05) is 12.0 Å². The minimum absolute atomic E-state index is 0.157. The molecule has 1 saturated carbocycles. The molecule has 3 rings (SSSR count). The van der Waals surface area contributed by atoms with Gasteiger partial charge >= 0.3 is 0 Å². The third-order valence-corrected chi connectivity index (χ3v) is 4.25. The summed E-state index contributed by atoms with van der Waals surface area (Å²) in [5, 5.41) is 0. The summed E-state index contributed by atoms with van der Waals surface area (Å²) in [6.45, 7) is 0. The predicted octanol–water partition coefficient (Wildman–Crippen LogP) is 1.94. The van der Waals surface area contributed by atoms with Crippen LogP contribution in [0.5, 0.6) is 5.75 Å². The van der Waals surface area contributed by atoms with Crippen LogP contribution in [0.15, 0.2) is 28.2 Å². The Kier molecular flexibility index (Phi) is 3.64. The molecule has 1 heterocycles. The Bertz CT molecular complexity index is 637. The molecule has 1 aliphatic heterocycles. The smallest absolute Gasteiger partial charge is 0.220 e. The third kappa shape index (κ3) is 2.36. The molecular formula is C15H20FN5O. The zero-order chi connectivity index (χ0) is 15.7. The first kappa shape index (κ1) is 14.6. The highest BCUT2D eigenvalue weighted by molar-refractivity contribution is 6.05. The van der Waals surface area contributed by atoms with Crippen LogP contribution in [0, 0.1) is 5.82 Å². The lowest BCUT2D eigenvalue weighted by Crippen LogP contribution is -2.58. The molecule has 118 valence electrons. The van der Waals surface area contributed by atoms with Crippen molar-refractivity contribution in [3.05, 3.63) is 24.0 Å². The fourth-order valence-electron chi connectivity index (χ4n) is 3.27. The highest BCUT2D eigenvalue weighted by Crippen LogP contribution is 2.40. The molecule has 6 nitrogen and oxygen atoms in total. The van der Waals surface area contributed by atoms with Gasteiger partial charge in [-0.15, -0.1) is 0 Å². The third-order valence-electron chi connectivity index (χ3n) is 4.25. The normalized spacial score (nSPS) is 20.5. The standard InChI is InChI=1S/C15H20FN5O/c1-22-10-5-6-12(11(16)9-10)21-14(18)19-13(17)20-15(21)7-3-2-4-8-15/h5-6,9H,2-4,7-8H2,1H3,(H4,17,18,19,20). The zero-order valence-corrected chi connectivity index (χ0v) is 12.6. The summed E-state index contributed by atoms with van der Waals surface area (Å²) in [5.74, 6) is 0.371. The maximum absolute atomic E-state index is 14.5. The summed E-state index contributed by atoms with van der Waals surface area (Å²) < 4.78 is 19.6. The lowest BCUT2D eigenvalue weighted by molar-refractivity contribution is 0.303. The molecule has 0 atom stereocenters. The van der Waals surface area contributed by atoms with Crippen LogP contribution in [-0.4, -0.2) is 24.7 Å². The van der Waals surface area contributed by atoms with Gasteiger partial charge in [-0.25, -0.2) is 9.38 Å². The van der Waals surface area contributed by atoms with Crippen molar-refractivity contribution in [3.63, 3.8) is 0 Å². The summed E-state index contributed by atoms with van der Waals surface area (Å²) in [6.07, 6.45) is 4.68. The van der Waals surface area contributed by atoms with Crippen LogP contribution < -0.4 is 21.1 Å². The van der Waals surface area contributed by atoms with E-state index in [1.54, 1.807) is 17.0 Å². The molecule has 1 spiro atoms. The number of benzene rings is 1. The van der Waals surface area contributed by atoms with E-state index in [9.17, 15) is 4.39 Å². The molecule has 0 aromatic heterocycles. The van der Waals surface area contributed by atoms with Crippen molar-refractivity contribution in [2.45, 2.75) is 37.8 Å². The summed E-state index contributed by atoms with van der Waals surface area (Å²) >= 11 is 0. The summed E-state index contributed by atoms with van der Waals surface area (Å²) in [7, 11) is 1.50. The average molecular weight is 305 g/mol. The predicted molar refractivity (Wildman–Crippen MR) is 84.5 cm³/mol. The van der Waals surface area contributed by atoms with E-state index in [-0.39, 0.29) is 11.9 Å². The van der Waals surface area contributed by atoms with E-state index in [1.807, 2.05) is 0 Å². The second-order valence-electron chi connectivity index (χ2n) is 5.64. The first-order valence-electron chi connectivity index (χ1n) is 7.39. The van der Waals surface area contributed by atoms with E-state index >= 15 is 0 Å². The minimum atomic E-state index is -0.635. The number of methoxy groups -OCH3 is 1. The maximum atomic E-state index is 14.5. The van der Waals surface area contributed by atoms with Gasteiger partial charge in [-0.05, 0) is 37.8 Å². The second kappa shape index (κ2) is 5.47. The van der Waals surface area contributed by atoms with Crippen molar-refractivity contribution in [3.8, 4) is 5.75 Å². The number of hydrogen-bond donors (Lipinski definition) is 2. The molecule has 1 aromatic carbocycles. The van der Waals surface area contributed by atoms with Gasteiger partial charge in [-0.2, -0.15) is 4.99 Å². The lowest BCUT2D eigenvalue weighted by Gasteiger charge is -2.45. The van der Waals surface area contributed by atoms with E-state index in [4.69, 9.17) is 16.2 Å². The van der Waals surface area contributed by atoms with Crippen LogP contribution in [0.3, 0.4) is 0 Å². The molecular weight excluding hydrogens is 285 g/mol. The molecule has 4 N–H and O–H groups in total. The number of aliphatic imine (C=N–C) groups is 2. The van der Waals surface area contributed by atoms with Gasteiger partial charge < -0.3 is 16.2 Å². The molecule has 0 radical (unpaired) electrons. The van der Waals surface area contributed by atoms with Gasteiger partial charge in [0.05, 0.1) is 12.8 Å². The Hall–Kier alpha value is -2.31. The number of ether oxygens (including phenoxy) is 1. The zero-order valence-electron chi connectivity index (χ0n) is 12.6. The molecule has 1 fully saturated rings. The molecule has 0 unspecified atom stereocenters. The van der Waals surface area contributed by atoms with Gasteiger partial charge in [0.1, 0.15) is 11.4 Å². The highest BCUT2D eigenvalue weighted by Gasteiger charge is 2.43. The van der Waals surface area contributed by atoms with Crippen LogP contribution in [0.2, 0.25) is 0 Å². The SMILES string of the molecule is COc1ccc(N2C(N)=NC(N)=NC23CCCCC3)c(F)c1. The molecule has 1 aromatic rings. The molecule has 7 heteroatoms. The molecule has 0 saturated heterocycles. The van der Waals surface area contributed by atoms with Gasteiger partial charge in [0.25, 0.3) is 0 Å². The van der Waals surface area contributed by atoms with Crippen LogP contribution in [0.4, 0.5) is 10.1 Å². The lowest BCUT2D eigenvalue weighted by atomic mass is 9.87. The van der Waals surface area contributed by atoms with Crippen molar-refractivity contribution in [1.29, 1.82) is 0 Å². The van der Waals surface area contributed by atoms with Crippen LogP contribution >= 0.6 is 0 Å². The number of anilines is 1. The largest absolute Gasteiger partial charge is 0.497 e. The van der Waals surface area contributed by atoms with Crippen molar-refractivity contribution >= 4 is 17.6 Å². The minimum Gasteiger partial charge on any atom is -0.497 e. The van der Waals surface area contributed by atoms with E-state index in [2.05, 4.69) is 9.98 Å². The molecule has 22 heavy (non-hydrogen) atoms. The van der Waals surface area contributed by atoms with Crippen LogP contribution in [0.1, 0.15) is 32.1 Å². The Morgan fingerprint density at radius 1 is 1.23 bits per heavy atom. The van der Waals surface area contributed by atoms with E-state index in [0.29, 0.717) is 11.4 Å². The van der Waals surface area contributed by atoms with Crippen LogP contribution in [-0.2, 0) is 0 Å². The van der Waals surface area contributed by atoms with Crippen molar-refractivity contribution in [2.24, 2.45) is 21.5 Å². The number of hydrogen-bond acceptors (Lipinski definition) is 6. The fourth-order valence-corrected chi connectivity index (χ4v) is 3.27. The Morgan fingerprint density at radius 3 is 2.59 bits per heavy atom.